The second kappa shape index (κ2) is 8.30. The molecule has 9 nitrogen and oxygen atoms in total. The number of carbonyl (C=O) groups excluding carboxylic acids is 2. The van der Waals surface area contributed by atoms with Crippen molar-refractivity contribution in [3.63, 3.8) is 0 Å². The maximum atomic E-state index is 12.9. The summed E-state index contributed by atoms with van der Waals surface area (Å²) in [6.45, 7) is 3.16. The van der Waals surface area contributed by atoms with Gasteiger partial charge >= 0.3 is 6.18 Å². The summed E-state index contributed by atoms with van der Waals surface area (Å²) in [5, 5.41) is 9.17. The number of nitrogens with zero attached hydrogens (tertiary/aromatic N) is 5. The zero-order chi connectivity index (χ0) is 23.8. The molecule has 1 aromatic carbocycles. The monoisotopic (exact) mass is 455 g/mol. The average Bonchev–Trinajstić information content (AvgIpc) is 3.18. The number of rotatable bonds is 4. The molecule has 33 heavy (non-hydrogen) atoms. The number of hydrogen-bond donors (Lipinski definition) is 2. The number of aryl methyl sites for hydroxylation is 1. The van der Waals surface area contributed by atoms with Crippen molar-refractivity contribution < 1.29 is 22.8 Å². The number of benzene rings is 1. The van der Waals surface area contributed by atoms with Gasteiger partial charge in [-0.3, -0.25) is 14.9 Å². The van der Waals surface area contributed by atoms with Gasteiger partial charge in [-0.1, -0.05) is 6.07 Å². The van der Waals surface area contributed by atoms with Crippen LogP contribution in [0, 0.1) is 6.92 Å². The number of carbonyl (C=O) groups is 2. The Hall–Kier alpha value is -4.35. The lowest BCUT2D eigenvalue weighted by atomic mass is 10.00. The summed E-state index contributed by atoms with van der Waals surface area (Å²) in [6, 6.07) is 6.41. The van der Waals surface area contributed by atoms with E-state index in [4.69, 9.17) is 0 Å². The minimum absolute atomic E-state index is 0.181. The van der Waals surface area contributed by atoms with Crippen LogP contribution in [0.15, 0.2) is 49.1 Å². The van der Waals surface area contributed by atoms with Crippen LogP contribution in [0.3, 0.4) is 0 Å². The topological polar surface area (TPSA) is 114 Å². The van der Waals surface area contributed by atoms with E-state index in [9.17, 15) is 22.8 Å². The molecule has 0 atom stereocenters. The fourth-order valence-corrected chi connectivity index (χ4v) is 3.16. The Kier molecular flexibility index (Phi) is 5.50. The lowest BCUT2D eigenvalue weighted by Gasteiger charge is -2.11. The number of fused-ring (bicyclic) bond motifs is 1. The largest absolute Gasteiger partial charge is 0.416 e. The van der Waals surface area contributed by atoms with Crippen LogP contribution in [0.2, 0.25) is 0 Å². The first-order valence-electron chi connectivity index (χ1n) is 9.55. The fourth-order valence-electron chi connectivity index (χ4n) is 3.16. The van der Waals surface area contributed by atoms with Crippen LogP contribution in [-0.2, 0) is 11.0 Å². The van der Waals surface area contributed by atoms with Crippen molar-refractivity contribution in [3.05, 3.63) is 65.7 Å². The zero-order valence-electron chi connectivity index (χ0n) is 17.3. The van der Waals surface area contributed by atoms with Gasteiger partial charge in [0.1, 0.15) is 12.1 Å². The van der Waals surface area contributed by atoms with Gasteiger partial charge in [-0.2, -0.15) is 22.8 Å². The third kappa shape index (κ3) is 4.49. The van der Waals surface area contributed by atoms with E-state index in [2.05, 4.69) is 30.7 Å². The first-order chi connectivity index (χ1) is 15.6. The van der Waals surface area contributed by atoms with Gasteiger partial charge in [-0.05, 0) is 42.3 Å². The number of pyridine rings is 1. The molecule has 0 aliphatic heterocycles. The maximum Gasteiger partial charge on any atom is 0.416 e. The third-order valence-electron chi connectivity index (χ3n) is 4.71. The van der Waals surface area contributed by atoms with E-state index in [1.54, 1.807) is 18.2 Å². The highest BCUT2D eigenvalue weighted by Gasteiger charge is 2.31. The average molecular weight is 455 g/mol. The molecule has 4 aromatic rings. The standard InChI is InChI=1S/C21H16F3N7O2/c1-11-3-4-13(19(33)30-17-8-14(5-6-25-17)21(22,23)24)7-15(11)16-9-28-31-18(16)26-10-27-20(31)29-12(2)32/h3-10H,1-2H3,(H,25,30,33)(H,26,27,29,32). The number of anilines is 2. The quantitative estimate of drug-likeness (QED) is 0.485. The minimum atomic E-state index is -4.55. The Morgan fingerprint density at radius 3 is 2.52 bits per heavy atom. The lowest BCUT2D eigenvalue weighted by Crippen LogP contribution is -2.14. The van der Waals surface area contributed by atoms with Gasteiger partial charge < -0.3 is 5.32 Å². The summed E-state index contributed by atoms with van der Waals surface area (Å²) in [5.74, 6) is -1.00. The number of nitrogens with one attached hydrogen (secondary N) is 2. The first-order valence-corrected chi connectivity index (χ1v) is 9.55. The highest BCUT2D eigenvalue weighted by Crippen LogP contribution is 2.31. The Morgan fingerprint density at radius 1 is 1.00 bits per heavy atom. The van der Waals surface area contributed by atoms with Gasteiger partial charge in [0.05, 0.1) is 11.8 Å². The van der Waals surface area contributed by atoms with Crippen molar-refractivity contribution in [1.82, 2.24) is 24.6 Å². The van der Waals surface area contributed by atoms with Gasteiger partial charge in [0, 0.05) is 24.2 Å². The molecule has 0 spiro atoms. The molecule has 4 rings (SSSR count). The van der Waals surface area contributed by atoms with Crippen LogP contribution in [0.4, 0.5) is 24.9 Å². The van der Waals surface area contributed by atoms with Crippen LogP contribution in [0.25, 0.3) is 16.8 Å². The van der Waals surface area contributed by atoms with Crippen LogP contribution in [0.1, 0.15) is 28.4 Å². The van der Waals surface area contributed by atoms with Crippen molar-refractivity contribution in [2.24, 2.45) is 0 Å². The van der Waals surface area contributed by atoms with Crippen molar-refractivity contribution in [2.45, 2.75) is 20.0 Å². The van der Waals surface area contributed by atoms with Crippen molar-refractivity contribution >= 4 is 29.2 Å². The molecule has 0 unspecified atom stereocenters. The van der Waals surface area contributed by atoms with Crippen LogP contribution < -0.4 is 10.6 Å². The van der Waals surface area contributed by atoms with Gasteiger partial charge in [-0.15, -0.1) is 0 Å². The summed E-state index contributed by atoms with van der Waals surface area (Å²) in [7, 11) is 0. The number of hydrogen-bond acceptors (Lipinski definition) is 6. The fraction of sp³-hybridized carbons (Fsp3) is 0.143. The molecule has 12 heteroatoms. The summed E-state index contributed by atoms with van der Waals surface area (Å²) >= 11 is 0. The summed E-state index contributed by atoms with van der Waals surface area (Å²) < 4.78 is 40.1. The van der Waals surface area contributed by atoms with E-state index >= 15 is 0 Å². The lowest BCUT2D eigenvalue weighted by molar-refractivity contribution is -0.137. The van der Waals surface area contributed by atoms with E-state index in [-0.39, 0.29) is 23.2 Å². The molecule has 0 fully saturated rings. The van der Waals surface area contributed by atoms with E-state index in [0.717, 1.165) is 23.9 Å². The van der Waals surface area contributed by atoms with Gasteiger partial charge in [0.15, 0.2) is 5.65 Å². The molecule has 3 heterocycles. The SMILES string of the molecule is CC(=O)Nc1ncnc2c(-c3cc(C(=O)Nc4cc(C(F)(F)F)ccn4)ccc3C)cnn12. The van der Waals surface area contributed by atoms with Crippen molar-refractivity contribution in [3.8, 4) is 11.1 Å². The Labute approximate surface area is 184 Å². The van der Waals surface area contributed by atoms with Gasteiger partial charge in [0.25, 0.3) is 5.91 Å². The molecule has 0 saturated carbocycles. The van der Waals surface area contributed by atoms with E-state index in [0.29, 0.717) is 16.8 Å². The Balaban J connectivity index is 1.68. The van der Waals surface area contributed by atoms with Crippen molar-refractivity contribution in [1.29, 1.82) is 0 Å². The van der Waals surface area contributed by atoms with E-state index in [1.807, 2.05) is 6.92 Å². The van der Waals surface area contributed by atoms with E-state index in [1.165, 1.54) is 24.0 Å². The third-order valence-corrected chi connectivity index (χ3v) is 4.71. The predicted octanol–water partition coefficient (Wildman–Crippen LogP) is 3.72. The van der Waals surface area contributed by atoms with Crippen LogP contribution >= 0.6 is 0 Å². The molecular weight excluding hydrogens is 439 g/mol. The Bertz CT molecular complexity index is 1380. The minimum Gasteiger partial charge on any atom is -0.307 e. The first kappa shape index (κ1) is 21.9. The number of amides is 2. The molecule has 2 amide bonds. The summed E-state index contributed by atoms with van der Waals surface area (Å²) in [4.78, 5) is 36.1. The molecule has 0 aliphatic rings. The zero-order valence-corrected chi connectivity index (χ0v) is 17.3. The maximum absolute atomic E-state index is 12.9. The highest BCUT2D eigenvalue weighted by molar-refractivity contribution is 6.05. The van der Waals surface area contributed by atoms with Gasteiger partial charge in [0.2, 0.25) is 11.9 Å². The van der Waals surface area contributed by atoms with Crippen LogP contribution in [-0.4, -0.2) is 36.4 Å². The highest BCUT2D eigenvalue weighted by atomic mass is 19.4. The van der Waals surface area contributed by atoms with Crippen molar-refractivity contribution in [2.75, 3.05) is 10.6 Å². The molecule has 3 aromatic heterocycles. The molecule has 0 aliphatic carbocycles. The molecule has 0 bridgehead atoms. The number of alkyl halides is 3. The second-order valence-corrected chi connectivity index (χ2v) is 7.08. The molecule has 0 saturated heterocycles. The van der Waals surface area contributed by atoms with E-state index < -0.39 is 17.6 Å². The summed E-state index contributed by atoms with van der Waals surface area (Å²) in [5.41, 5.74) is 1.69. The number of halogens is 3. The molecule has 0 radical (unpaired) electrons. The predicted molar refractivity (Wildman–Crippen MR) is 112 cm³/mol. The van der Waals surface area contributed by atoms with Crippen LogP contribution in [0.5, 0.6) is 0 Å². The second-order valence-electron chi connectivity index (χ2n) is 7.08. The molecular formula is C21H16F3N7O2. The Morgan fingerprint density at radius 2 is 1.79 bits per heavy atom. The molecule has 2 N–H and O–H groups in total. The smallest absolute Gasteiger partial charge is 0.307 e. The molecule has 168 valence electrons. The number of aromatic nitrogens is 5. The normalized spacial score (nSPS) is 11.4. The summed E-state index contributed by atoms with van der Waals surface area (Å²) in [6.07, 6.45) is -0.782. The van der Waals surface area contributed by atoms with Gasteiger partial charge in [-0.25, -0.2) is 15.0 Å².